The van der Waals surface area contributed by atoms with Crippen LogP contribution in [0.25, 0.3) is 0 Å². The van der Waals surface area contributed by atoms with Crippen LogP contribution in [-0.2, 0) is 4.74 Å². The lowest BCUT2D eigenvalue weighted by Gasteiger charge is -2.12. The van der Waals surface area contributed by atoms with Crippen LogP contribution in [0.2, 0.25) is 0 Å². The smallest absolute Gasteiger partial charge is 0.182 e. The van der Waals surface area contributed by atoms with Crippen LogP contribution in [0.3, 0.4) is 0 Å². The van der Waals surface area contributed by atoms with E-state index in [1.165, 1.54) is 38.5 Å². The predicted molar refractivity (Wildman–Crippen MR) is 60.8 cm³/mol. The van der Waals surface area contributed by atoms with Gasteiger partial charge in [-0.3, -0.25) is 4.99 Å². The van der Waals surface area contributed by atoms with E-state index in [1.807, 2.05) is 0 Å². The van der Waals surface area contributed by atoms with E-state index in [4.69, 9.17) is 4.74 Å². The fourth-order valence-electron chi connectivity index (χ4n) is 2.06. The van der Waals surface area contributed by atoms with Gasteiger partial charge in [0, 0.05) is 13.0 Å². The van der Waals surface area contributed by atoms with Crippen molar-refractivity contribution in [1.29, 1.82) is 0 Å². The average molecular weight is 197 g/mol. The van der Waals surface area contributed by atoms with Crippen LogP contribution >= 0.6 is 0 Å². The molecule has 0 amide bonds. The number of aliphatic imine (C=N–C) groups is 1. The maximum absolute atomic E-state index is 5.20. The van der Waals surface area contributed by atoms with E-state index in [1.54, 1.807) is 7.11 Å². The first-order chi connectivity index (χ1) is 6.86. The predicted octanol–water partition coefficient (Wildman–Crippen LogP) is 3.41. The summed E-state index contributed by atoms with van der Waals surface area (Å²) in [6.45, 7) is 3.24. The van der Waals surface area contributed by atoms with Gasteiger partial charge in [-0.15, -0.1) is 0 Å². The van der Waals surface area contributed by atoms with Crippen molar-refractivity contribution < 1.29 is 4.74 Å². The topological polar surface area (TPSA) is 21.6 Å². The van der Waals surface area contributed by atoms with E-state index in [9.17, 15) is 0 Å². The summed E-state index contributed by atoms with van der Waals surface area (Å²) >= 11 is 0. The molecule has 82 valence electrons. The second kappa shape index (κ2) is 6.86. The Morgan fingerprint density at radius 2 is 2.21 bits per heavy atom. The molecule has 14 heavy (non-hydrogen) atoms. The molecule has 0 bridgehead atoms. The third-order valence-corrected chi connectivity index (χ3v) is 3.04. The van der Waals surface area contributed by atoms with Crippen LogP contribution in [0.15, 0.2) is 4.99 Å². The summed E-state index contributed by atoms with van der Waals surface area (Å²) in [5.74, 6) is 1.85. The second-order valence-corrected chi connectivity index (χ2v) is 4.17. The molecule has 1 atom stereocenters. The van der Waals surface area contributed by atoms with Crippen molar-refractivity contribution in [2.24, 2.45) is 10.9 Å². The van der Waals surface area contributed by atoms with Crippen molar-refractivity contribution in [2.75, 3.05) is 13.7 Å². The normalized spacial score (nSPS) is 22.7. The molecule has 0 radical (unpaired) electrons. The zero-order valence-electron chi connectivity index (χ0n) is 9.59. The number of unbranched alkanes of at least 4 members (excludes halogenated alkanes) is 2. The molecule has 1 rings (SSSR count). The van der Waals surface area contributed by atoms with E-state index in [-0.39, 0.29) is 0 Å². The van der Waals surface area contributed by atoms with Gasteiger partial charge in [0.1, 0.15) is 0 Å². The molecule has 1 aliphatic heterocycles. The fourth-order valence-corrected chi connectivity index (χ4v) is 2.06. The highest BCUT2D eigenvalue weighted by Crippen LogP contribution is 2.22. The Bertz CT molecular complexity index is 177. The van der Waals surface area contributed by atoms with Gasteiger partial charge in [0.25, 0.3) is 0 Å². The summed E-state index contributed by atoms with van der Waals surface area (Å²) in [7, 11) is 1.73. The number of nitrogens with zero attached hydrogens (tertiary/aromatic N) is 1. The van der Waals surface area contributed by atoms with Gasteiger partial charge in [-0.1, -0.05) is 32.6 Å². The van der Waals surface area contributed by atoms with Gasteiger partial charge < -0.3 is 4.74 Å². The number of methoxy groups -OCH3 is 1. The monoisotopic (exact) mass is 197 g/mol. The van der Waals surface area contributed by atoms with Gasteiger partial charge in [-0.2, -0.15) is 0 Å². The highest BCUT2D eigenvalue weighted by atomic mass is 16.5. The van der Waals surface area contributed by atoms with Crippen LogP contribution in [0, 0.1) is 5.92 Å². The number of rotatable bonds is 4. The van der Waals surface area contributed by atoms with Crippen molar-refractivity contribution >= 4 is 5.90 Å². The summed E-state index contributed by atoms with van der Waals surface area (Å²) in [6, 6.07) is 0. The van der Waals surface area contributed by atoms with Gasteiger partial charge in [0.15, 0.2) is 5.90 Å². The summed E-state index contributed by atoms with van der Waals surface area (Å²) in [6.07, 6.45) is 9.07. The summed E-state index contributed by atoms with van der Waals surface area (Å²) in [5.41, 5.74) is 0. The highest BCUT2D eigenvalue weighted by molar-refractivity contribution is 5.76. The standard InChI is InChI=1S/C12H23NO/c1-3-4-5-6-11-7-8-12(14-2)13-10-9-11/h11H,3-10H2,1-2H3. The van der Waals surface area contributed by atoms with Gasteiger partial charge in [0.2, 0.25) is 0 Å². The van der Waals surface area contributed by atoms with E-state index in [2.05, 4.69) is 11.9 Å². The third kappa shape index (κ3) is 4.12. The minimum absolute atomic E-state index is 0.887. The third-order valence-electron chi connectivity index (χ3n) is 3.04. The maximum Gasteiger partial charge on any atom is 0.182 e. The number of hydrogen-bond acceptors (Lipinski definition) is 2. The first-order valence-corrected chi connectivity index (χ1v) is 5.94. The van der Waals surface area contributed by atoms with Crippen molar-refractivity contribution in [2.45, 2.75) is 51.9 Å². The van der Waals surface area contributed by atoms with Crippen molar-refractivity contribution in [1.82, 2.24) is 0 Å². The lowest BCUT2D eigenvalue weighted by molar-refractivity contribution is 0.378. The Morgan fingerprint density at radius 1 is 1.36 bits per heavy atom. The molecule has 0 aliphatic carbocycles. The molecule has 0 aromatic carbocycles. The van der Waals surface area contributed by atoms with Crippen molar-refractivity contribution in [3.05, 3.63) is 0 Å². The Morgan fingerprint density at radius 3 is 2.93 bits per heavy atom. The number of hydrogen-bond donors (Lipinski definition) is 0. The largest absolute Gasteiger partial charge is 0.484 e. The Labute approximate surface area is 87.8 Å². The maximum atomic E-state index is 5.20. The zero-order chi connectivity index (χ0) is 10.2. The van der Waals surface area contributed by atoms with Crippen LogP contribution in [0.5, 0.6) is 0 Å². The first kappa shape index (κ1) is 11.5. The molecule has 0 aromatic heterocycles. The van der Waals surface area contributed by atoms with Crippen LogP contribution in [0.4, 0.5) is 0 Å². The van der Waals surface area contributed by atoms with Gasteiger partial charge in [-0.05, 0) is 18.8 Å². The number of ether oxygens (including phenoxy) is 1. The first-order valence-electron chi connectivity index (χ1n) is 5.94. The lowest BCUT2D eigenvalue weighted by Crippen LogP contribution is -2.03. The molecule has 1 aliphatic rings. The summed E-state index contributed by atoms with van der Waals surface area (Å²) in [5, 5.41) is 0. The molecule has 0 N–H and O–H groups in total. The lowest BCUT2D eigenvalue weighted by atomic mass is 9.94. The molecule has 0 spiro atoms. The van der Waals surface area contributed by atoms with Crippen molar-refractivity contribution in [3.8, 4) is 0 Å². The Hall–Kier alpha value is -0.530. The molecule has 2 heteroatoms. The van der Waals surface area contributed by atoms with Gasteiger partial charge in [0.05, 0.1) is 7.11 Å². The van der Waals surface area contributed by atoms with Gasteiger partial charge >= 0.3 is 0 Å². The molecule has 0 saturated heterocycles. The minimum Gasteiger partial charge on any atom is -0.484 e. The minimum atomic E-state index is 0.887. The molecular weight excluding hydrogens is 174 g/mol. The SMILES string of the molecule is CCCCCC1CCN=C(OC)CC1. The van der Waals surface area contributed by atoms with Crippen LogP contribution < -0.4 is 0 Å². The van der Waals surface area contributed by atoms with E-state index >= 15 is 0 Å². The molecular formula is C12H23NO. The summed E-state index contributed by atoms with van der Waals surface area (Å²) < 4.78 is 5.20. The average Bonchev–Trinajstić information content (AvgIpc) is 2.43. The quantitative estimate of drug-likeness (QED) is 0.633. The van der Waals surface area contributed by atoms with Gasteiger partial charge in [-0.25, -0.2) is 0 Å². The van der Waals surface area contributed by atoms with Crippen molar-refractivity contribution in [3.63, 3.8) is 0 Å². The molecule has 2 nitrogen and oxygen atoms in total. The highest BCUT2D eigenvalue weighted by Gasteiger charge is 2.13. The zero-order valence-corrected chi connectivity index (χ0v) is 9.59. The fraction of sp³-hybridized carbons (Fsp3) is 0.917. The summed E-state index contributed by atoms with van der Waals surface area (Å²) in [4.78, 5) is 4.41. The Balaban J connectivity index is 2.18. The van der Waals surface area contributed by atoms with Crippen LogP contribution in [0.1, 0.15) is 51.9 Å². The molecule has 0 saturated carbocycles. The molecule has 0 fully saturated rings. The second-order valence-electron chi connectivity index (χ2n) is 4.17. The van der Waals surface area contributed by atoms with Crippen LogP contribution in [-0.4, -0.2) is 19.6 Å². The molecule has 1 heterocycles. The Kier molecular flexibility index (Phi) is 5.65. The molecule has 1 unspecified atom stereocenters. The van der Waals surface area contributed by atoms with E-state index < -0.39 is 0 Å². The van der Waals surface area contributed by atoms with E-state index in [0.717, 1.165) is 24.8 Å². The van der Waals surface area contributed by atoms with E-state index in [0.29, 0.717) is 0 Å². The molecule has 0 aromatic rings.